The number of hydrogen-bond donors (Lipinski definition) is 1. The first-order valence-corrected chi connectivity index (χ1v) is 12.1. The zero-order chi connectivity index (χ0) is 24.8. The summed E-state index contributed by atoms with van der Waals surface area (Å²) in [6.45, 7) is -0.223. The van der Waals surface area contributed by atoms with Crippen molar-refractivity contribution in [2.24, 2.45) is 0 Å². The number of halogens is 1. The van der Waals surface area contributed by atoms with Crippen LogP contribution in [0.5, 0.6) is 0 Å². The van der Waals surface area contributed by atoms with Gasteiger partial charge in [-0.15, -0.1) is 5.10 Å². The number of nitrogens with zero attached hydrogens (tertiary/aromatic N) is 4. The molecule has 0 unspecified atom stereocenters. The minimum atomic E-state index is -0.428. The molecule has 6 rings (SSSR count). The lowest BCUT2D eigenvalue weighted by Gasteiger charge is -2.16. The highest BCUT2D eigenvalue weighted by Crippen LogP contribution is 2.35. The van der Waals surface area contributed by atoms with Gasteiger partial charge in [-0.1, -0.05) is 77.5 Å². The van der Waals surface area contributed by atoms with Gasteiger partial charge in [0.25, 0.3) is 11.5 Å². The number of hydrogen-bond acceptors (Lipinski definition) is 6. The second-order valence-corrected chi connectivity index (χ2v) is 9.49. The third-order valence-corrected chi connectivity index (χ3v) is 7.01. The Labute approximate surface area is 213 Å². The van der Waals surface area contributed by atoms with Crippen LogP contribution in [0, 0.1) is 0 Å². The summed E-state index contributed by atoms with van der Waals surface area (Å²) < 4.78 is 1.46. The van der Waals surface area contributed by atoms with Gasteiger partial charge in [0.2, 0.25) is 10.9 Å². The molecular formula is C26H16ClN5O3S. The molecule has 3 aromatic carbocycles. The van der Waals surface area contributed by atoms with Crippen molar-refractivity contribution in [3.05, 3.63) is 104 Å². The smallest absolute Gasteiger partial charge is 0.291 e. The molecule has 10 heteroatoms. The zero-order valence-corrected chi connectivity index (χ0v) is 20.1. The maximum Gasteiger partial charge on any atom is 0.291 e. The largest absolute Gasteiger partial charge is 0.324 e. The number of carbonyl (C=O) groups is 2. The van der Waals surface area contributed by atoms with Crippen LogP contribution in [0.15, 0.2) is 83.7 Å². The fraction of sp³-hybridized carbons (Fsp3) is 0.0385. The lowest BCUT2D eigenvalue weighted by atomic mass is 10.1. The molecule has 176 valence electrons. The highest BCUT2D eigenvalue weighted by Gasteiger charge is 2.35. The summed E-state index contributed by atoms with van der Waals surface area (Å²) in [7, 11) is 0. The van der Waals surface area contributed by atoms with E-state index >= 15 is 0 Å². The molecule has 0 atom stereocenters. The van der Waals surface area contributed by atoms with Gasteiger partial charge in [0, 0.05) is 21.8 Å². The maximum absolute atomic E-state index is 13.5. The first-order valence-electron chi connectivity index (χ1n) is 11.0. The molecule has 8 nitrogen and oxygen atoms in total. The summed E-state index contributed by atoms with van der Waals surface area (Å²) >= 11 is 7.11. The van der Waals surface area contributed by atoms with E-state index in [-0.39, 0.29) is 22.6 Å². The maximum atomic E-state index is 13.5. The Morgan fingerprint density at radius 1 is 0.972 bits per heavy atom. The summed E-state index contributed by atoms with van der Waals surface area (Å²) in [6.07, 6.45) is 0. The summed E-state index contributed by atoms with van der Waals surface area (Å²) in [5, 5.41) is 7.61. The molecular weight excluding hydrogens is 498 g/mol. The second kappa shape index (κ2) is 8.71. The molecule has 1 N–H and O–H groups in total. The third-order valence-electron chi connectivity index (χ3n) is 5.75. The Morgan fingerprint density at radius 2 is 1.75 bits per heavy atom. The SMILES string of the molecule is O=C(CN1C(=O)/C(=c2\sc3nc(-c4ccccc4)nn3c2=O)c2ccccc21)Nc1cccc(Cl)c1. The summed E-state index contributed by atoms with van der Waals surface area (Å²) in [6, 6.07) is 23.2. The predicted octanol–water partition coefficient (Wildman–Crippen LogP) is 3.37. The lowest BCUT2D eigenvalue weighted by Crippen LogP contribution is -2.37. The lowest BCUT2D eigenvalue weighted by molar-refractivity contribution is -0.118. The molecule has 0 spiro atoms. The van der Waals surface area contributed by atoms with Crippen molar-refractivity contribution in [3.63, 3.8) is 0 Å². The van der Waals surface area contributed by atoms with Crippen LogP contribution in [0.3, 0.4) is 0 Å². The molecule has 3 heterocycles. The third kappa shape index (κ3) is 3.74. The molecule has 0 saturated carbocycles. The Bertz CT molecular complexity index is 1780. The highest BCUT2D eigenvalue weighted by molar-refractivity contribution is 7.15. The fourth-order valence-electron chi connectivity index (χ4n) is 4.16. The minimum absolute atomic E-state index is 0.223. The monoisotopic (exact) mass is 513 g/mol. The van der Waals surface area contributed by atoms with Gasteiger partial charge < -0.3 is 5.32 Å². The molecule has 0 bridgehead atoms. The number of amides is 2. The van der Waals surface area contributed by atoms with Crippen LogP contribution >= 0.6 is 22.9 Å². The fourth-order valence-corrected chi connectivity index (χ4v) is 5.35. The van der Waals surface area contributed by atoms with Crippen molar-refractivity contribution in [1.29, 1.82) is 0 Å². The van der Waals surface area contributed by atoms with Crippen LogP contribution in [0.1, 0.15) is 5.56 Å². The van der Waals surface area contributed by atoms with Crippen LogP contribution in [-0.2, 0) is 9.59 Å². The van der Waals surface area contributed by atoms with Crippen LogP contribution in [0.25, 0.3) is 21.9 Å². The Morgan fingerprint density at radius 3 is 2.53 bits per heavy atom. The van der Waals surface area contributed by atoms with Gasteiger partial charge >= 0.3 is 0 Å². The van der Waals surface area contributed by atoms with Crippen molar-refractivity contribution in [2.75, 3.05) is 16.8 Å². The average molecular weight is 514 g/mol. The molecule has 2 amide bonds. The van der Waals surface area contributed by atoms with E-state index in [9.17, 15) is 14.4 Å². The van der Waals surface area contributed by atoms with E-state index in [0.717, 1.165) is 16.9 Å². The second-order valence-electron chi connectivity index (χ2n) is 8.07. The minimum Gasteiger partial charge on any atom is -0.324 e. The van der Waals surface area contributed by atoms with E-state index in [1.807, 2.05) is 30.3 Å². The van der Waals surface area contributed by atoms with Crippen LogP contribution in [0.4, 0.5) is 11.4 Å². The first kappa shape index (κ1) is 22.1. The summed E-state index contributed by atoms with van der Waals surface area (Å²) in [5.74, 6) is -0.380. The van der Waals surface area contributed by atoms with Gasteiger partial charge in [-0.2, -0.15) is 9.50 Å². The van der Waals surface area contributed by atoms with Crippen molar-refractivity contribution in [1.82, 2.24) is 14.6 Å². The van der Waals surface area contributed by atoms with Crippen molar-refractivity contribution >= 4 is 56.7 Å². The number of para-hydroxylation sites is 1. The molecule has 1 aliphatic heterocycles. The molecule has 0 radical (unpaired) electrons. The highest BCUT2D eigenvalue weighted by atomic mass is 35.5. The Hall–Kier alpha value is -4.34. The number of benzene rings is 3. The van der Waals surface area contributed by atoms with Gasteiger partial charge in [0.1, 0.15) is 11.1 Å². The molecule has 0 aliphatic carbocycles. The average Bonchev–Trinajstić information content (AvgIpc) is 3.51. The standard InChI is InChI=1S/C26H16ClN5O3S/c27-16-9-6-10-17(13-16)28-20(33)14-31-19-12-5-4-11-18(19)21(24(31)34)22-25(35)32-26(36-22)29-23(30-32)15-7-2-1-3-8-15/h1-13H,14H2,(H,28,33)/b22-21-. The molecule has 0 saturated heterocycles. The van der Waals surface area contributed by atoms with Crippen LogP contribution < -0.4 is 20.3 Å². The summed E-state index contributed by atoms with van der Waals surface area (Å²) in [4.78, 5) is 45.9. The Kier molecular flexibility index (Phi) is 5.36. The summed E-state index contributed by atoms with van der Waals surface area (Å²) in [5.41, 5.74) is 2.28. The number of fused-ring (bicyclic) bond motifs is 2. The van der Waals surface area contributed by atoms with Crippen LogP contribution in [0.2, 0.25) is 5.02 Å². The van der Waals surface area contributed by atoms with Gasteiger partial charge in [0.05, 0.1) is 11.3 Å². The van der Waals surface area contributed by atoms with Crippen molar-refractivity contribution in [3.8, 4) is 11.4 Å². The van der Waals surface area contributed by atoms with Gasteiger partial charge in [-0.3, -0.25) is 19.3 Å². The number of nitrogens with one attached hydrogen (secondary N) is 1. The quantitative estimate of drug-likeness (QED) is 0.397. The van der Waals surface area contributed by atoms with E-state index in [4.69, 9.17) is 11.6 Å². The van der Waals surface area contributed by atoms with Crippen molar-refractivity contribution in [2.45, 2.75) is 0 Å². The number of anilines is 2. The van der Waals surface area contributed by atoms with E-state index in [1.165, 1.54) is 9.42 Å². The first-order chi connectivity index (χ1) is 17.5. The normalized spacial score (nSPS) is 14.4. The van der Waals surface area contributed by atoms with Gasteiger partial charge in [-0.05, 0) is 24.3 Å². The van der Waals surface area contributed by atoms with Crippen molar-refractivity contribution < 1.29 is 9.59 Å². The van der Waals surface area contributed by atoms with E-state index < -0.39 is 11.5 Å². The van der Waals surface area contributed by atoms with Crippen LogP contribution in [-0.4, -0.2) is 33.0 Å². The molecule has 5 aromatic rings. The molecule has 36 heavy (non-hydrogen) atoms. The number of rotatable bonds is 4. The molecule has 1 aliphatic rings. The molecule has 2 aromatic heterocycles. The number of aromatic nitrogens is 3. The predicted molar refractivity (Wildman–Crippen MR) is 139 cm³/mol. The zero-order valence-electron chi connectivity index (χ0n) is 18.5. The van der Waals surface area contributed by atoms with E-state index in [0.29, 0.717) is 32.7 Å². The van der Waals surface area contributed by atoms with Gasteiger partial charge in [-0.25, -0.2) is 0 Å². The topological polar surface area (TPSA) is 96.7 Å². The van der Waals surface area contributed by atoms with Gasteiger partial charge in [0.15, 0.2) is 5.82 Å². The van der Waals surface area contributed by atoms with E-state index in [2.05, 4.69) is 15.4 Å². The number of thiazole rings is 1. The number of carbonyl (C=O) groups excluding carboxylic acids is 2. The Balaban J connectivity index is 1.39. The molecule has 0 fully saturated rings. The van der Waals surface area contributed by atoms with E-state index in [1.54, 1.807) is 48.5 Å².